The highest BCUT2D eigenvalue weighted by Gasteiger charge is 2.15. The lowest BCUT2D eigenvalue weighted by Crippen LogP contribution is -2.08. The third kappa shape index (κ3) is 2.07. The van der Waals surface area contributed by atoms with Crippen LogP contribution in [0.25, 0.3) is 22.1 Å². The highest BCUT2D eigenvalue weighted by molar-refractivity contribution is 5.98. The summed E-state index contributed by atoms with van der Waals surface area (Å²) in [7, 11) is 0. The fraction of sp³-hybridized carbons (Fsp3) is 0.0588. The molecule has 0 spiro atoms. The van der Waals surface area contributed by atoms with Gasteiger partial charge in [-0.25, -0.2) is 4.39 Å². The molecule has 4 nitrogen and oxygen atoms in total. The second-order valence-electron chi connectivity index (χ2n) is 4.93. The van der Waals surface area contributed by atoms with Crippen LogP contribution in [0.3, 0.4) is 0 Å². The molecule has 0 aliphatic heterocycles. The van der Waals surface area contributed by atoms with Gasteiger partial charge in [0.15, 0.2) is 17.9 Å². The number of aldehydes is 1. The van der Waals surface area contributed by atoms with Crippen LogP contribution in [0.5, 0.6) is 5.75 Å². The molecule has 1 heterocycles. The van der Waals surface area contributed by atoms with E-state index < -0.39 is 17.0 Å². The molecule has 1 N–H and O–H groups in total. The summed E-state index contributed by atoms with van der Waals surface area (Å²) >= 11 is 0. The van der Waals surface area contributed by atoms with Crippen LogP contribution in [0.15, 0.2) is 45.8 Å². The Hall–Kier alpha value is -2.95. The van der Waals surface area contributed by atoms with Crippen molar-refractivity contribution in [1.82, 2.24) is 0 Å². The first-order valence-electron chi connectivity index (χ1n) is 6.52. The molecule has 0 atom stereocenters. The number of hydrogen-bond acceptors (Lipinski definition) is 4. The highest BCUT2D eigenvalue weighted by atomic mass is 19.1. The third-order valence-corrected chi connectivity index (χ3v) is 3.58. The number of phenols is 1. The van der Waals surface area contributed by atoms with E-state index in [1.54, 1.807) is 19.1 Å². The monoisotopic (exact) mass is 298 g/mol. The second kappa shape index (κ2) is 5.11. The Morgan fingerprint density at radius 1 is 1.23 bits per heavy atom. The van der Waals surface area contributed by atoms with Gasteiger partial charge in [0.2, 0.25) is 5.43 Å². The maximum Gasteiger partial charge on any atom is 0.201 e. The van der Waals surface area contributed by atoms with E-state index in [2.05, 4.69) is 0 Å². The molecule has 0 aliphatic rings. The Morgan fingerprint density at radius 2 is 2.00 bits per heavy atom. The Kier molecular flexibility index (Phi) is 3.25. The summed E-state index contributed by atoms with van der Waals surface area (Å²) in [4.78, 5) is 23.9. The van der Waals surface area contributed by atoms with Crippen LogP contribution in [0.1, 0.15) is 15.9 Å². The summed E-state index contributed by atoms with van der Waals surface area (Å²) in [5, 5.41) is 9.39. The van der Waals surface area contributed by atoms with Crippen molar-refractivity contribution in [3.05, 3.63) is 63.8 Å². The molecule has 3 aromatic rings. The lowest BCUT2D eigenvalue weighted by molar-refractivity contribution is 0.112. The maximum absolute atomic E-state index is 13.5. The predicted octanol–water partition coefficient (Wildman–Crippen LogP) is 3.43. The fourth-order valence-electron chi connectivity index (χ4n) is 2.37. The average Bonchev–Trinajstić information content (AvgIpc) is 2.51. The molecule has 5 heteroatoms. The van der Waals surface area contributed by atoms with E-state index >= 15 is 0 Å². The Balaban J connectivity index is 2.37. The molecule has 0 fully saturated rings. The van der Waals surface area contributed by atoms with Crippen LogP contribution in [-0.2, 0) is 0 Å². The lowest BCUT2D eigenvalue weighted by Gasteiger charge is -2.06. The van der Waals surface area contributed by atoms with Gasteiger partial charge in [-0.3, -0.25) is 9.59 Å². The zero-order valence-electron chi connectivity index (χ0n) is 11.6. The minimum Gasteiger partial charge on any atom is -0.505 e. The Morgan fingerprint density at radius 3 is 2.68 bits per heavy atom. The van der Waals surface area contributed by atoms with Gasteiger partial charge >= 0.3 is 0 Å². The second-order valence-corrected chi connectivity index (χ2v) is 4.93. The number of hydrogen-bond donors (Lipinski definition) is 1. The number of rotatable bonds is 2. The molecule has 1 aromatic heterocycles. The maximum atomic E-state index is 13.5. The summed E-state index contributed by atoms with van der Waals surface area (Å²) in [6.07, 6.45) is 1.83. The van der Waals surface area contributed by atoms with E-state index in [0.29, 0.717) is 17.4 Å². The average molecular weight is 298 g/mol. The molecule has 0 aliphatic carbocycles. The number of carbonyl (C=O) groups is 1. The zero-order valence-corrected chi connectivity index (χ0v) is 11.6. The van der Waals surface area contributed by atoms with E-state index in [-0.39, 0.29) is 22.1 Å². The molecule has 0 amide bonds. The number of halogens is 1. The van der Waals surface area contributed by atoms with Crippen molar-refractivity contribution in [2.24, 2.45) is 0 Å². The molecule has 110 valence electrons. The van der Waals surface area contributed by atoms with E-state index in [1.807, 2.05) is 0 Å². The van der Waals surface area contributed by atoms with Gasteiger partial charge < -0.3 is 9.52 Å². The van der Waals surface area contributed by atoms with Crippen molar-refractivity contribution in [2.45, 2.75) is 6.92 Å². The minimum atomic E-state index is -0.836. The molecule has 0 unspecified atom stereocenters. The SMILES string of the molecule is Cc1ccc2occ(-c3ccc(O)c(F)c3)c(=O)c2c1C=O. The first-order valence-corrected chi connectivity index (χ1v) is 6.52. The van der Waals surface area contributed by atoms with Gasteiger partial charge in [0.1, 0.15) is 11.8 Å². The van der Waals surface area contributed by atoms with Gasteiger partial charge in [-0.2, -0.15) is 0 Å². The van der Waals surface area contributed by atoms with Crippen molar-refractivity contribution >= 4 is 17.3 Å². The third-order valence-electron chi connectivity index (χ3n) is 3.58. The molecule has 2 aromatic carbocycles. The lowest BCUT2D eigenvalue weighted by atomic mass is 10.00. The molecule has 0 saturated carbocycles. The van der Waals surface area contributed by atoms with Gasteiger partial charge in [0.25, 0.3) is 0 Å². The molecule has 22 heavy (non-hydrogen) atoms. The largest absolute Gasteiger partial charge is 0.505 e. The number of aryl methyl sites for hydroxylation is 1. The number of phenolic OH excluding ortho intramolecular Hbond substituents is 1. The van der Waals surface area contributed by atoms with Crippen molar-refractivity contribution < 1.29 is 18.7 Å². The fourth-order valence-corrected chi connectivity index (χ4v) is 2.37. The number of fused-ring (bicyclic) bond motifs is 1. The van der Waals surface area contributed by atoms with E-state index in [4.69, 9.17) is 4.42 Å². The van der Waals surface area contributed by atoms with Gasteiger partial charge in [0, 0.05) is 5.56 Å². The van der Waals surface area contributed by atoms with E-state index in [9.17, 15) is 19.1 Å². The smallest absolute Gasteiger partial charge is 0.201 e. The Labute approximate surface area is 124 Å². The quantitative estimate of drug-likeness (QED) is 0.736. The molecule has 0 saturated heterocycles. The van der Waals surface area contributed by atoms with Gasteiger partial charge in [-0.15, -0.1) is 0 Å². The van der Waals surface area contributed by atoms with Crippen LogP contribution >= 0.6 is 0 Å². The predicted molar refractivity (Wildman–Crippen MR) is 79.7 cm³/mol. The summed E-state index contributed by atoms with van der Waals surface area (Å²) in [5.74, 6) is -1.34. The van der Waals surface area contributed by atoms with Crippen LogP contribution in [0.4, 0.5) is 4.39 Å². The number of benzene rings is 2. The molecular weight excluding hydrogens is 287 g/mol. The normalized spacial score (nSPS) is 10.8. The van der Waals surface area contributed by atoms with Gasteiger partial charge in [-0.05, 0) is 36.2 Å². The van der Waals surface area contributed by atoms with Crippen molar-refractivity contribution in [2.75, 3.05) is 0 Å². The molecule has 3 rings (SSSR count). The van der Waals surface area contributed by atoms with Crippen LogP contribution < -0.4 is 5.43 Å². The highest BCUT2D eigenvalue weighted by Crippen LogP contribution is 2.26. The Bertz CT molecular complexity index is 957. The zero-order chi connectivity index (χ0) is 15.9. The number of aromatic hydroxyl groups is 1. The number of carbonyl (C=O) groups excluding carboxylic acids is 1. The van der Waals surface area contributed by atoms with Gasteiger partial charge in [0.05, 0.1) is 10.9 Å². The van der Waals surface area contributed by atoms with Crippen molar-refractivity contribution in [3.63, 3.8) is 0 Å². The topological polar surface area (TPSA) is 67.5 Å². The van der Waals surface area contributed by atoms with Crippen LogP contribution in [-0.4, -0.2) is 11.4 Å². The first-order chi connectivity index (χ1) is 10.5. The summed E-state index contributed by atoms with van der Waals surface area (Å²) in [5.41, 5.74) is 1.18. The molecule has 0 bridgehead atoms. The first kappa shape index (κ1) is 14.0. The summed E-state index contributed by atoms with van der Waals surface area (Å²) in [6, 6.07) is 6.91. The van der Waals surface area contributed by atoms with Gasteiger partial charge in [-0.1, -0.05) is 12.1 Å². The van der Waals surface area contributed by atoms with E-state index in [0.717, 1.165) is 12.1 Å². The summed E-state index contributed by atoms with van der Waals surface area (Å²) < 4.78 is 18.9. The van der Waals surface area contributed by atoms with Crippen LogP contribution in [0.2, 0.25) is 0 Å². The van der Waals surface area contributed by atoms with Crippen molar-refractivity contribution in [1.29, 1.82) is 0 Å². The minimum absolute atomic E-state index is 0.125. The van der Waals surface area contributed by atoms with Crippen molar-refractivity contribution in [3.8, 4) is 16.9 Å². The molecular formula is C17H11FO4. The summed E-state index contributed by atoms with van der Waals surface area (Å²) in [6.45, 7) is 1.72. The van der Waals surface area contributed by atoms with E-state index in [1.165, 1.54) is 12.3 Å². The van der Waals surface area contributed by atoms with Crippen LogP contribution in [0, 0.1) is 12.7 Å². The molecule has 0 radical (unpaired) electrons. The standard InChI is InChI=1S/C17H11FO4/c1-9-2-5-15-16(11(9)7-19)17(21)12(8-22-15)10-3-4-14(20)13(18)6-10/h2-8,20H,1H3.